The van der Waals surface area contributed by atoms with E-state index in [0.717, 1.165) is 18.8 Å². The molecule has 6 heteroatoms. The Morgan fingerprint density at radius 1 is 1.60 bits per heavy atom. The van der Waals surface area contributed by atoms with Gasteiger partial charge in [0, 0.05) is 13.1 Å². The molecular weight excluding hydrogens is 320 g/mol. The summed E-state index contributed by atoms with van der Waals surface area (Å²) >= 11 is 3.39. The van der Waals surface area contributed by atoms with Crippen molar-refractivity contribution >= 4 is 21.6 Å². The van der Waals surface area contributed by atoms with E-state index in [1.165, 1.54) is 4.68 Å². The van der Waals surface area contributed by atoms with Crippen LogP contribution < -0.4 is 16.2 Å². The Balaban J connectivity index is 3.14. The monoisotopic (exact) mass is 342 g/mol. The van der Waals surface area contributed by atoms with Gasteiger partial charge in [0.2, 0.25) is 0 Å². The second-order valence-electron chi connectivity index (χ2n) is 5.50. The second kappa shape index (κ2) is 7.04. The van der Waals surface area contributed by atoms with Crippen molar-refractivity contribution in [3.8, 4) is 0 Å². The molecule has 0 amide bonds. The predicted octanol–water partition coefficient (Wildman–Crippen LogP) is 2.00. The Bertz CT molecular complexity index is 524. The summed E-state index contributed by atoms with van der Waals surface area (Å²) in [5.74, 6) is 0. The van der Waals surface area contributed by atoms with Crippen LogP contribution in [0.3, 0.4) is 0 Å². The van der Waals surface area contributed by atoms with Crippen molar-refractivity contribution in [1.82, 2.24) is 9.78 Å². The largest absolute Gasteiger partial charge is 0.369 e. The topological polar surface area (TPSA) is 64.2 Å². The zero-order valence-corrected chi connectivity index (χ0v) is 14.0. The van der Waals surface area contributed by atoms with Crippen LogP contribution in [0.15, 0.2) is 28.1 Å². The van der Waals surface area contributed by atoms with E-state index in [2.05, 4.69) is 46.4 Å². The standard InChI is InChI=1S/C14H23BrN4O/c1-5-7-19-13(20)12(15)11(8-17-19)18(6-2)10-14(3,4)9-16/h5,8H,1,6-7,9-10,16H2,2-4H3. The average molecular weight is 343 g/mol. The van der Waals surface area contributed by atoms with Crippen LogP contribution in [0, 0.1) is 5.41 Å². The SMILES string of the molecule is C=CCn1ncc(N(CC)CC(C)(C)CN)c(Br)c1=O. The Kier molecular flexibility index (Phi) is 5.95. The summed E-state index contributed by atoms with van der Waals surface area (Å²) in [4.78, 5) is 14.3. The predicted molar refractivity (Wildman–Crippen MR) is 87.1 cm³/mol. The van der Waals surface area contributed by atoms with Crippen LogP contribution in [0.25, 0.3) is 0 Å². The highest BCUT2D eigenvalue weighted by atomic mass is 79.9. The third-order valence-electron chi connectivity index (χ3n) is 3.16. The molecule has 5 nitrogen and oxygen atoms in total. The Hall–Kier alpha value is -1.14. The van der Waals surface area contributed by atoms with Gasteiger partial charge in [-0.05, 0) is 34.8 Å². The Morgan fingerprint density at radius 2 is 2.25 bits per heavy atom. The number of hydrogen-bond acceptors (Lipinski definition) is 4. The van der Waals surface area contributed by atoms with Gasteiger partial charge in [-0.3, -0.25) is 4.79 Å². The van der Waals surface area contributed by atoms with Gasteiger partial charge in [0.15, 0.2) is 0 Å². The molecule has 0 radical (unpaired) electrons. The summed E-state index contributed by atoms with van der Waals surface area (Å²) in [5, 5.41) is 4.18. The van der Waals surface area contributed by atoms with Crippen LogP contribution in [0.4, 0.5) is 5.69 Å². The van der Waals surface area contributed by atoms with Crippen molar-refractivity contribution in [2.75, 3.05) is 24.5 Å². The summed E-state index contributed by atoms with van der Waals surface area (Å²) < 4.78 is 1.91. The molecule has 0 aliphatic heterocycles. The van der Waals surface area contributed by atoms with Crippen LogP contribution in [0.2, 0.25) is 0 Å². The molecule has 0 saturated carbocycles. The zero-order valence-electron chi connectivity index (χ0n) is 12.4. The number of anilines is 1. The van der Waals surface area contributed by atoms with Crippen molar-refractivity contribution in [2.45, 2.75) is 27.3 Å². The molecule has 1 aromatic heterocycles. The first-order chi connectivity index (χ1) is 9.36. The van der Waals surface area contributed by atoms with Crippen LogP contribution in [0.5, 0.6) is 0 Å². The van der Waals surface area contributed by atoms with E-state index < -0.39 is 0 Å². The fraction of sp³-hybridized carbons (Fsp3) is 0.571. The summed E-state index contributed by atoms with van der Waals surface area (Å²) in [7, 11) is 0. The molecule has 0 aromatic carbocycles. The molecule has 0 atom stereocenters. The Labute approximate surface area is 128 Å². The number of rotatable bonds is 7. The van der Waals surface area contributed by atoms with Gasteiger partial charge in [-0.1, -0.05) is 19.9 Å². The van der Waals surface area contributed by atoms with Crippen molar-refractivity contribution in [3.63, 3.8) is 0 Å². The van der Waals surface area contributed by atoms with Crippen LogP contribution in [0.1, 0.15) is 20.8 Å². The van der Waals surface area contributed by atoms with Crippen LogP contribution >= 0.6 is 15.9 Å². The van der Waals surface area contributed by atoms with E-state index in [1.54, 1.807) is 12.3 Å². The zero-order chi connectivity index (χ0) is 15.3. The lowest BCUT2D eigenvalue weighted by atomic mass is 9.93. The molecule has 1 rings (SSSR count). The van der Waals surface area contributed by atoms with E-state index in [4.69, 9.17) is 5.73 Å². The van der Waals surface area contributed by atoms with E-state index in [-0.39, 0.29) is 11.0 Å². The van der Waals surface area contributed by atoms with Crippen molar-refractivity contribution in [1.29, 1.82) is 0 Å². The third-order valence-corrected chi connectivity index (χ3v) is 3.91. The lowest BCUT2D eigenvalue weighted by Crippen LogP contribution is -2.40. The lowest BCUT2D eigenvalue weighted by molar-refractivity contribution is 0.379. The molecule has 1 heterocycles. The van der Waals surface area contributed by atoms with Crippen LogP contribution in [-0.4, -0.2) is 29.4 Å². The minimum atomic E-state index is -0.147. The third kappa shape index (κ3) is 3.93. The maximum atomic E-state index is 12.2. The molecule has 0 aliphatic rings. The molecule has 0 bridgehead atoms. The van der Waals surface area contributed by atoms with Gasteiger partial charge in [-0.2, -0.15) is 5.10 Å². The first-order valence-corrected chi connectivity index (χ1v) is 7.47. The number of hydrogen-bond donors (Lipinski definition) is 1. The molecule has 2 N–H and O–H groups in total. The fourth-order valence-electron chi connectivity index (χ4n) is 1.88. The maximum Gasteiger partial charge on any atom is 0.283 e. The molecule has 20 heavy (non-hydrogen) atoms. The first kappa shape index (κ1) is 16.9. The molecule has 0 unspecified atom stereocenters. The molecule has 0 saturated heterocycles. The van der Waals surface area contributed by atoms with E-state index in [1.807, 2.05) is 6.92 Å². The van der Waals surface area contributed by atoms with Gasteiger partial charge in [0.05, 0.1) is 18.4 Å². The van der Waals surface area contributed by atoms with Gasteiger partial charge in [0.25, 0.3) is 5.56 Å². The molecule has 0 aliphatic carbocycles. The molecule has 0 fully saturated rings. The number of halogens is 1. The number of nitrogens with two attached hydrogens (primary N) is 1. The molecular formula is C14H23BrN4O. The summed E-state index contributed by atoms with van der Waals surface area (Å²) in [6.07, 6.45) is 3.36. The molecule has 112 valence electrons. The summed E-state index contributed by atoms with van der Waals surface area (Å²) in [5.41, 5.74) is 6.42. The molecule has 0 spiro atoms. The van der Waals surface area contributed by atoms with Crippen molar-refractivity contribution < 1.29 is 0 Å². The number of allylic oxidation sites excluding steroid dienone is 1. The second-order valence-corrected chi connectivity index (χ2v) is 6.30. The average Bonchev–Trinajstić information content (AvgIpc) is 2.42. The quantitative estimate of drug-likeness (QED) is 0.769. The molecule has 1 aromatic rings. The summed E-state index contributed by atoms with van der Waals surface area (Å²) in [6.45, 7) is 12.4. The van der Waals surface area contributed by atoms with E-state index in [0.29, 0.717) is 17.6 Å². The maximum absolute atomic E-state index is 12.2. The van der Waals surface area contributed by atoms with Gasteiger partial charge in [-0.25, -0.2) is 4.68 Å². The smallest absolute Gasteiger partial charge is 0.283 e. The fourth-order valence-corrected chi connectivity index (χ4v) is 2.44. The highest BCUT2D eigenvalue weighted by Crippen LogP contribution is 2.25. The van der Waals surface area contributed by atoms with Crippen molar-refractivity contribution in [3.05, 3.63) is 33.7 Å². The van der Waals surface area contributed by atoms with Gasteiger partial charge < -0.3 is 10.6 Å². The highest BCUT2D eigenvalue weighted by Gasteiger charge is 2.22. The highest BCUT2D eigenvalue weighted by molar-refractivity contribution is 9.10. The minimum absolute atomic E-state index is 0.0224. The normalized spacial score (nSPS) is 11.4. The minimum Gasteiger partial charge on any atom is -0.369 e. The summed E-state index contributed by atoms with van der Waals surface area (Å²) in [6, 6.07) is 0. The van der Waals surface area contributed by atoms with Gasteiger partial charge in [-0.15, -0.1) is 6.58 Å². The van der Waals surface area contributed by atoms with E-state index in [9.17, 15) is 4.79 Å². The van der Waals surface area contributed by atoms with Crippen molar-refractivity contribution in [2.24, 2.45) is 11.1 Å². The number of aromatic nitrogens is 2. The van der Waals surface area contributed by atoms with E-state index >= 15 is 0 Å². The van der Waals surface area contributed by atoms with Gasteiger partial charge >= 0.3 is 0 Å². The van der Waals surface area contributed by atoms with Crippen LogP contribution in [-0.2, 0) is 6.54 Å². The first-order valence-electron chi connectivity index (χ1n) is 6.67. The lowest BCUT2D eigenvalue weighted by Gasteiger charge is -2.32. The Morgan fingerprint density at radius 3 is 2.75 bits per heavy atom. The van der Waals surface area contributed by atoms with Gasteiger partial charge in [0.1, 0.15) is 4.47 Å². The number of nitrogens with zero attached hydrogens (tertiary/aromatic N) is 3.